The molecule has 1 N–H and O–H groups in total. The van der Waals surface area contributed by atoms with E-state index in [1.54, 1.807) is 24.2 Å². The van der Waals surface area contributed by atoms with E-state index in [2.05, 4.69) is 94.0 Å². The predicted molar refractivity (Wildman–Crippen MR) is 140 cm³/mol. The highest BCUT2D eigenvalue weighted by Crippen LogP contribution is 2.29. The van der Waals surface area contributed by atoms with Crippen LogP contribution in [0.15, 0.2) is 89.5 Å². The van der Waals surface area contributed by atoms with Crippen LogP contribution in [0.25, 0.3) is 17.1 Å². The summed E-state index contributed by atoms with van der Waals surface area (Å²) in [5.74, 6) is 1.42. The highest BCUT2D eigenvalue weighted by atomic mass is 32.2. The highest BCUT2D eigenvalue weighted by Gasteiger charge is 2.16. The van der Waals surface area contributed by atoms with Crippen LogP contribution in [0.5, 0.6) is 0 Å². The molecule has 0 unspecified atom stereocenters. The van der Waals surface area contributed by atoms with Crippen LogP contribution in [-0.2, 0) is 6.42 Å². The average molecular weight is 469 g/mol. The molecule has 0 amide bonds. The number of hydrazone groups is 1. The third-order valence-corrected chi connectivity index (χ3v) is 6.46. The number of rotatable bonds is 9. The van der Waals surface area contributed by atoms with Crippen LogP contribution in [0.1, 0.15) is 29.2 Å². The van der Waals surface area contributed by atoms with Gasteiger partial charge in [0.1, 0.15) is 0 Å². The summed E-state index contributed by atoms with van der Waals surface area (Å²) in [5.41, 5.74) is 10.5. The maximum atomic E-state index is 4.54. The van der Waals surface area contributed by atoms with Crippen molar-refractivity contribution in [3.63, 3.8) is 0 Å². The number of nitrogens with zero attached hydrogens (tertiary/aromatic N) is 5. The lowest BCUT2D eigenvalue weighted by atomic mass is 10.1. The van der Waals surface area contributed by atoms with Gasteiger partial charge in [-0.3, -0.25) is 15.0 Å². The molecule has 172 valence electrons. The third kappa shape index (κ3) is 5.61. The van der Waals surface area contributed by atoms with Crippen molar-refractivity contribution in [2.45, 2.75) is 32.3 Å². The summed E-state index contributed by atoms with van der Waals surface area (Å²) in [4.78, 5) is 4.24. The summed E-state index contributed by atoms with van der Waals surface area (Å²) in [6, 6.07) is 18.6. The molecule has 0 spiro atoms. The second-order valence-electron chi connectivity index (χ2n) is 8.02. The van der Waals surface area contributed by atoms with E-state index in [-0.39, 0.29) is 0 Å². The topological polar surface area (TPSA) is 68.0 Å². The standard InChI is InChI=1S/C27H28N6S/c1-5-22-14-23(16-28-15-22)17-29-30-21(4)18-34-27-32-31-26(24-12-11-19(2)20(3)13-24)33(27)25-9-7-6-8-10-25/h6-17,30H,4-5,18H2,1-3H3/b29-17+. The van der Waals surface area contributed by atoms with Crippen LogP contribution in [0.4, 0.5) is 0 Å². The van der Waals surface area contributed by atoms with Crippen LogP contribution >= 0.6 is 11.8 Å². The van der Waals surface area contributed by atoms with Crippen LogP contribution in [0, 0.1) is 13.8 Å². The summed E-state index contributed by atoms with van der Waals surface area (Å²) in [7, 11) is 0. The minimum absolute atomic E-state index is 0.600. The lowest BCUT2D eigenvalue weighted by Gasteiger charge is -2.11. The average Bonchev–Trinajstić information content (AvgIpc) is 3.29. The first-order valence-electron chi connectivity index (χ1n) is 11.2. The van der Waals surface area contributed by atoms with Gasteiger partial charge in [0.15, 0.2) is 11.0 Å². The van der Waals surface area contributed by atoms with Crippen LogP contribution in [0.2, 0.25) is 0 Å². The van der Waals surface area contributed by atoms with E-state index in [9.17, 15) is 0 Å². The smallest absolute Gasteiger partial charge is 0.196 e. The van der Waals surface area contributed by atoms with Crippen molar-refractivity contribution >= 4 is 18.0 Å². The quantitative estimate of drug-likeness (QED) is 0.193. The van der Waals surface area contributed by atoms with Gasteiger partial charge < -0.3 is 0 Å². The fourth-order valence-corrected chi connectivity index (χ4v) is 4.18. The van der Waals surface area contributed by atoms with Crippen molar-refractivity contribution in [2.75, 3.05) is 5.75 Å². The first kappa shape index (κ1) is 23.4. The molecule has 2 heterocycles. The van der Waals surface area contributed by atoms with E-state index in [0.717, 1.165) is 39.9 Å². The Hall–Kier alpha value is -3.71. The number of benzene rings is 2. The zero-order chi connectivity index (χ0) is 23.9. The summed E-state index contributed by atoms with van der Waals surface area (Å²) < 4.78 is 2.09. The molecule has 0 aliphatic carbocycles. The molecule has 2 aromatic carbocycles. The molecule has 0 radical (unpaired) electrons. The molecule has 0 atom stereocenters. The normalized spacial score (nSPS) is 11.1. The molecule has 6 nitrogen and oxygen atoms in total. The van der Waals surface area contributed by atoms with E-state index in [4.69, 9.17) is 0 Å². The fourth-order valence-electron chi connectivity index (χ4n) is 3.39. The molecule has 4 rings (SSSR count). The SMILES string of the molecule is C=C(CSc1nnc(-c2ccc(C)c(C)c2)n1-c1ccccc1)N/N=C/c1cncc(CC)c1. The molecular weight excluding hydrogens is 440 g/mol. The van der Waals surface area contributed by atoms with Crippen molar-refractivity contribution in [3.05, 3.63) is 102 Å². The number of aromatic nitrogens is 4. The zero-order valence-electron chi connectivity index (χ0n) is 19.7. The zero-order valence-corrected chi connectivity index (χ0v) is 20.5. The highest BCUT2D eigenvalue weighted by molar-refractivity contribution is 7.99. The van der Waals surface area contributed by atoms with Crippen molar-refractivity contribution in [1.29, 1.82) is 0 Å². The van der Waals surface area contributed by atoms with Crippen molar-refractivity contribution in [2.24, 2.45) is 5.10 Å². The molecule has 0 aliphatic rings. The second-order valence-corrected chi connectivity index (χ2v) is 8.96. The molecule has 4 aromatic rings. The van der Waals surface area contributed by atoms with Crippen LogP contribution in [-0.4, -0.2) is 31.7 Å². The Kier molecular flexibility index (Phi) is 7.54. The maximum Gasteiger partial charge on any atom is 0.196 e. The molecular formula is C27H28N6S. The number of hydrogen-bond donors (Lipinski definition) is 1. The van der Waals surface area contributed by atoms with E-state index in [1.165, 1.54) is 16.7 Å². The molecule has 0 fully saturated rings. The van der Waals surface area contributed by atoms with E-state index in [1.807, 2.05) is 24.4 Å². The number of hydrogen-bond acceptors (Lipinski definition) is 6. The van der Waals surface area contributed by atoms with Gasteiger partial charge in [0.25, 0.3) is 0 Å². The summed E-state index contributed by atoms with van der Waals surface area (Å²) in [6.07, 6.45) is 6.36. The molecule has 0 bridgehead atoms. The van der Waals surface area contributed by atoms with Gasteiger partial charge in [0.05, 0.1) is 6.21 Å². The summed E-state index contributed by atoms with van der Waals surface area (Å²) >= 11 is 1.57. The molecule has 7 heteroatoms. The molecule has 0 aliphatic heterocycles. The Morgan fingerprint density at radius 3 is 2.65 bits per heavy atom. The molecule has 2 aromatic heterocycles. The van der Waals surface area contributed by atoms with E-state index < -0.39 is 0 Å². The Balaban J connectivity index is 1.50. The Labute approximate surface area is 204 Å². The maximum absolute atomic E-state index is 4.54. The van der Waals surface area contributed by atoms with Gasteiger partial charge in [-0.15, -0.1) is 10.2 Å². The first-order valence-corrected chi connectivity index (χ1v) is 12.2. The summed E-state index contributed by atoms with van der Waals surface area (Å²) in [5, 5.41) is 14.1. The molecule has 0 saturated carbocycles. The number of para-hydroxylation sites is 1. The largest absolute Gasteiger partial charge is 0.282 e. The second kappa shape index (κ2) is 10.9. The summed E-state index contributed by atoms with van der Waals surface area (Å²) in [6.45, 7) is 10.4. The van der Waals surface area contributed by atoms with Gasteiger partial charge >= 0.3 is 0 Å². The molecule has 34 heavy (non-hydrogen) atoms. The monoisotopic (exact) mass is 468 g/mol. The number of nitrogens with one attached hydrogen (secondary N) is 1. The Morgan fingerprint density at radius 2 is 1.88 bits per heavy atom. The Bertz CT molecular complexity index is 1310. The van der Waals surface area contributed by atoms with Crippen molar-refractivity contribution < 1.29 is 0 Å². The minimum atomic E-state index is 0.600. The number of aryl methyl sites for hydroxylation is 3. The number of thioether (sulfide) groups is 1. The first-order chi connectivity index (χ1) is 16.5. The van der Waals surface area contributed by atoms with Gasteiger partial charge in [-0.1, -0.05) is 55.6 Å². The predicted octanol–water partition coefficient (Wildman–Crippen LogP) is 5.74. The lowest BCUT2D eigenvalue weighted by Crippen LogP contribution is -2.08. The van der Waals surface area contributed by atoms with E-state index >= 15 is 0 Å². The van der Waals surface area contributed by atoms with Gasteiger partial charge in [-0.2, -0.15) is 5.10 Å². The van der Waals surface area contributed by atoms with Gasteiger partial charge in [-0.25, -0.2) is 0 Å². The van der Waals surface area contributed by atoms with Crippen molar-refractivity contribution in [1.82, 2.24) is 25.2 Å². The molecule has 0 saturated heterocycles. The van der Waals surface area contributed by atoms with E-state index in [0.29, 0.717) is 5.75 Å². The fraction of sp³-hybridized carbons (Fsp3) is 0.185. The minimum Gasteiger partial charge on any atom is -0.282 e. The van der Waals surface area contributed by atoms with Gasteiger partial charge in [0, 0.05) is 40.7 Å². The van der Waals surface area contributed by atoms with Gasteiger partial charge in [-0.05, 0) is 61.2 Å². The third-order valence-electron chi connectivity index (χ3n) is 5.45. The van der Waals surface area contributed by atoms with Gasteiger partial charge in [0.2, 0.25) is 0 Å². The number of pyridine rings is 1. The van der Waals surface area contributed by atoms with Crippen LogP contribution in [0.3, 0.4) is 0 Å². The lowest BCUT2D eigenvalue weighted by molar-refractivity contribution is 0.876. The van der Waals surface area contributed by atoms with Crippen LogP contribution < -0.4 is 5.43 Å². The van der Waals surface area contributed by atoms with Crippen molar-refractivity contribution in [3.8, 4) is 17.1 Å². The Morgan fingerprint density at radius 1 is 1.06 bits per heavy atom.